The van der Waals surface area contributed by atoms with Gasteiger partial charge in [0.15, 0.2) is 7.38 Å². The van der Waals surface area contributed by atoms with Crippen molar-refractivity contribution in [2.45, 2.75) is 104 Å². The summed E-state index contributed by atoms with van der Waals surface area (Å²) in [5, 5.41) is 1.16. The van der Waals surface area contributed by atoms with Gasteiger partial charge in [-0.3, -0.25) is 19.2 Å². The zero-order chi connectivity index (χ0) is 28.9. The molecule has 2 saturated heterocycles. The van der Waals surface area contributed by atoms with Gasteiger partial charge in [0.2, 0.25) is 0 Å². The van der Waals surface area contributed by atoms with E-state index in [9.17, 15) is 28.8 Å². The second-order valence-electron chi connectivity index (χ2n) is 10.5. The summed E-state index contributed by atoms with van der Waals surface area (Å²) in [7, 11) is -1.80. The van der Waals surface area contributed by atoms with Crippen LogP contribution in [-0.4, -0.2) is 53.1 Å². The molecule has 2 fully saturated rings. The summed E-state index contributed by atoms with van der Waals surface area (Å²) in [6.07, 6.45) is 4.40. The van der Waals surface area contributed by atoms with Gasteiger partial charge >= 0.3 is 11.9 Å². The van der Waals surface area contributed by atoms with Crippen molar-refractivity contribution in [3.63, 3.8) is 0 Å². The maximum absolute atomic E-state index is 11.8. The predicted molar refractivity (Wildman–Crippen MR) is 143 cm³/mol. The second kappa shape index (κ2) is 16.4. The third kappa shape index (κ3) is 12.3. The first-order chi connectivity index (χ1) is 17.8. The Balaban J connectivity index is 0.000000437. The Morgan fingerprint density at radius 2 is 1.21 bits per heavy atom. The Bertz CT molecular complexity index is 850. The quantitative estimate of drug-likeness (QED) is 0.0952. The number of halogens is 1. The van der Waals surface area contributed by atoms with Crippen molar-refractivity contribution in [3.8, 4) is 0 Å². The molecule has 2 heterocycles. The first-order valence-corrected chi connectivity index (χ1v) is 16.8. The lowest BCUT2D eigenvalue weighted by Crippen LogP contribution is -2.32. The van der Waals surface area contributed by atoms with Crippen LogP contribution in [-0.2, 0) is 38.4 Å². The molecule has 0 unspecified atom stereocenters. The number of amides is 4. The van der Waals surface area contributed by atoms with Crippen LogP contribution in [0.1, 0.15) is 85.5 Å². The van der Waals surface area contributed by atoms with E-state index >= 15 is 0 Å². The van der Waals surface area contributed by atoms with E-state index in [1.54, 1.807) is 6.08 Å². The van der Waals surface area contributed by atoms with Crippen molar-refractivity contribution in [2.24, 2.45) is 11.8 Å². The van der Waals surface area contributed by atoms with Gasteiger partial charge in [-0.1, -0.05) is 40.2 Å². The molecule has 0 bridgehead atoms. The molecule has 0 aromatic heterocycles. The Kier molecular flexibility index (Phi) is 14.5. The van der Waals surface area contributed by atoms with Crippen LogP contribution in [0.25, 0.3) is 0 Å². The molecular weight excluding hydrogens is 532 g/mol. The second-order valence-corrected chi connectivity index (χ2v) is 16.5. The molecule has 12 heteroatoms. The van der Waals surface area contributed by atoms with Crippen LogP contribution >= 0.6 is 11.1 Å². The van der Waals surface area contributed by atoms with Gasteiger partial charge in [0.05, 0.1) is 6.42 Å². The number of nitrogens with zero attached hydrogens (tertiary/aromatic N) is 2. The summed E-state index contributed by atoms with van der Waals surface area (Å²) in [6, 6.07) is 3.17. The standard InChI is InChI=1S/C17H30ClNO4Si.C9H11NO4/c1-13(2)11-24(18,12-14(3)4)10-6-5-7-17(22)23-19-15(20)8-9-16(19)21;1-2-3-4-9(13)14-10-7(11)5-6-8(10)12/h13-14H,5-12H2,1-4H3;2H,1,3-6H2. The summed E-state index contributed by atoms with van der Waals surface area (Å²) in [5.74, 6) is -1.72. The molecule has 0 N–H and O–H groups in total. The zero-order valence-electron chi connectivity index (χ0n) is 23.0. The zero-order valence-corrected chi connectivity index (χ0v) is 24.7. The molecular formula is C26H41ClN2O8Si. The summed E-state index contributed by atoms with van der Waals surface area (Å²) >= 11 is 6.95. The molecule has 0 aliphatic carbocycles. The van der Waals surface area contributed by atoms with E-state index in [1.807, 2.05) is 0 Å². The van der Waals surface area contributed by atoms with Crippen molar-refractivity contribution >= 4 is 54.0 Å². The van der Waals surface area contributed by atoms with Crippen molar-refractivity contribution < 1.29 is 38.4 Å². The first kappa shape index (κ1) is 33.5. The lowest BCUT2D eigenvalue weighted by atomic mass is 10.2. The highest BCUT2D eigenvalue weighted by molar-refractivity contribution is 7.20. The maximum atomic E-state index is 11.8. The van der Waals surface area contributed by atoms with Crippen LogP contribution < -0.4 is 0 Å². The number of carbonyl (C=O) groups is 6. The molecule has 2 aliphatic rings. The fraction of sp³-hybridized carbons (Fsp3) is 0.692. The smallest absolute Gasteiger partial charge is 0.330 e. The third-order valence-corrected chi connectivity index (χ3v) is 11.6. The van der Waals surface area contributed by atoms with Crippen LogP contribution in [0.3, 0.4) is 0 Å². The molecule has 0 atom stereocenters. The molecule has 2 rings (SSSR count). The normalized spacial score (nSPS) is 15.8. The largest absolute Gasteiger partial charge is 0.333 e. The van der Waals surface area contributed by atoms with Crippen LogP contribution in [0.4, 0.5) is 0 Å². The van der Waals surface area contributed by atoms with Gasteiger partial charge in [-0.2, -0.15) is 11.1 Å². The van der Waals surface area contributed by atoms with Gasteiger partial charge in [0.25, 0.3) is 23.6 Å². The van der Waals surface area contributed by atoms with Crippen molar-refractivity contribution in [1.29, 1.82) is 0 Å². The Morgan fingerprint density at radius 3 is 1.58 bits per heavy atom. The SMILES string of the molecule is C=CCCC(=O)ON1C(=O)CCC1=O.CC(C)C[Si](Cl)(CCCCC(=O)ON1C(=O)CCC1=O)CC(C)C. The van der Waals surface area contributed by atoms with Crippen LogP contribution in [0.5, 0.6) is 0 Å². The topological polar surface area (TPSA) is 127 Å². The van der Waals surface area contributed by atoms with Crippen molar-refractivity contribution in [1.82, 2.24) is 10.1 Å². The minimum Gasteiger partial charge on any atom is -0.330 e. The number of allylic oxidation sites excluding steroid dienone is 1. The van der Waals surface area contributed by atoms with E-state index in [2.05, 4.69) is 39.1 Å². The van der Waals surface area contributed by atoms with E-state index < -0.39 is 43.0 Å². The van der Waals surface area contributed by atoms with Gasteiger partial charge in [-0.05, 0) is 42.8 Å². The number of hydroxylamine groups is 4. The molecule has 10 nitrogen and oxygen atoms in total. The molecule has 0 saturated carbocycles. The van der Waals surface area contributed by atoms with Crippen LogP contribution in [0.2, 0.25) is 18.1 Å². The van der Waals surface area contributed by atoms with E-state index in [-0.39, 0.29) is 38.5 Å². The van der Waals surface area contributed by atoms with Crippen molar-refractivity contribution in [2.75, 3.05) is 0 Å². The predicted octanol–water partition coefficient (Wildman–Crippen LogP) is 4.82. The number of rotatable bonds is 14. The summed E-state index contributed by atoms with van der Waals surface area (Å²) in [4.78, 5) is 77.1. The summed E-state index contributed by atoms with van der Waals surface area (Å²) < 4.78 is 0. The average Bonchev–Trinajstić information content (AvgIpc) is 3.30. The summed E-state index contributed by atoms with van der Waals surface area (Å²) in [6.45, 7) is 12.2. The van der Waals surface area contributed by atoms with Gasteiger partial charge < -0.3 is 9.68 Å². The average molecular weight is 573 g/mol. The van der Waals surface area contributed by atoms with E-state index in [1.165, 1.54) is 0 Å². The monoisotopic (exact) mass is 572 g/mol. The lowest BCUT2D eigenvalue weighted by molar-refractivity contribution is -0.197. The highest BCUT2D eigenvalue weighted by atomic mass is 35.6. The third-order valence-electron chi connectivity index (χ3n) is 5.75. The number of unbranched alkanes of at least 4 members (excludes halogenated alkanes) is 1. The molecule has 38 heavy (non-hydrogen) atoms. The van der Waals surface area contributed by atoms with Crippen LogP contribution in [0, 0.1) is 11.8 Å². The minimum atomic E-state index is -1.80. The summed E-state index contributed by atoms with van der Waals surface area (Å²) in [5.41, 5.74) is 0. The van der Waals surface area contributed by atoms with Gasteiger partial charge in [0, 0.05) is 32.1 Å². The number of hydrogen-bond acceptors (Lipinski definition) is 8. The molecule has 214 valence electrons. The minimum absolute atomic E-state index is 0.119. The first-order valence-electron chi connectivity index (χ1n) is 13.2. The molecule has 4 amide bonds. The van der Waals surface area contributed by atoms with Crippen LogP contribution in [0.15, 0.2) is 12.7 Å². The molecule has 0 aromatic rings. The lowest BCUT2D eigenvalue weighted by Gasteiger charge is -2.28. The highest BCUT2D eigenvalue weighted by Gasteiger charge is 2.34. The number of imide groups is 2. The Hall–Kier alpha value is -2.53. The fourth-order valence-corrected chi connectivity index (χ4v) is 10.9. The number of carbonyl (C=O) groups excluding carboxylic acids is 6. The van der Waals surface area contributed by atoms with Crippen molar-refractivity contribution in [3.05, 3.63) is 12.7 Å². The Morgan fingerprint density at radius 1 is 0.816 bits per heavy atom. The Labute approximate surface area is 230 Å². The fourth-order valence-electron chi connectivity index (χ4n) is 4.29. The van der Waals surface area contributed by atoms with Gasteiger partial charge in [-0.15, -0.1) is 16.7 Å². The van der Waals surface area contributed by atoms with E-state index in [0.717, 1.165) is 24.6 Å². The highest BCUT2D eigenvalue weighted by Crippen LogP contribution is 2.34. The van der Waals surface area contributed by atoms with Gasteiger partial charge in [0.1, 0.15) is 0 Å². The molecule has 0 radical (unpaired) electrons. The molecule has 0 spiro atoms. The van der Waals surface area contributed by atoms with Gasteiger partial charge in [-0.25, -0.2) is 9.59 Å². The number of hydrogen-bond donors (Lipinski definition) is 0. The maximum Gasteiger partial charge on any atom is 0.333 e. The molecule has 2 aliphatic heterocycles. The van der Waals surface area contributed by atoms with E-state index in [0.29, 0.717) is 34.8 Å². The molecule has 0 aromatic carbocycles. The van der Waals surface area contributed by atoms with E-state index in [4.69, 9.17) is 15.9 Å².